The standard InChI is InChI=1S/C24H29N3O2/c1-29-16-15-26-18-20(21-8-2-3-10-23(21)26)11-12-24(28)27-14-5-4-9-22(27)19-7-6-13-25-17-19/h2-3,6-8,10,13,17-18,22H,4-5,9,11-12,14-16H2,1H3/t22-/m0/s1. The summed E-state index contributed by atoms with van der Waals surface area (Å²) in [4.78, 5) is 19.5. The highest BCUT2D eigenvalue weighted by Crippen LogP contribution is 2.31. The first kappa shape index (κ1) is 19.6. The van der Waals surface area contributed by atoms with E-state index in [-0.39, 0.29) is 11.9 Å². The molecule has 0 radical (unpaired) electrons. The number of carbonyl (C=O) groups is 1. The van der Waals surface area contributed by atoms with Crippen LogP contribution in [0.3, 0.4) is 0 Å². The number of aromatic nitrogens is 2. The van der Waals surface area contributed by atoms with Crippen LogP contribution in [0.2, 0.25) is 0 Å². The molecule has 4 rings (SSSR count). The number of methoxy groups -OCH3 is 1. The fourth-order valence-electron chi connectivity index (χ4n) is 4.43. The number of piperidine rings is 1. The summed E-state index contributed by atoms with van der Waals surface area (Å²) in [6, 6.07) is 12.6. The lowest BCUT2D eigenvalue weighted by Crippen LogP contribution is -2.38. The number of nitrogens with zero attached hydrogens (tertiary/aromatic N) is 3. The number of likely N-dealkylation sites (tertiary alicyclic amines) is 1. The predicted octanol–water partition coefficient (Wildman–Crippen LogP) is 4.37. The van der Waals surface area contributed by atoms with Gasteiger partial charge in [0.15, 0.2) is 0 Å². The molecule has 1 fully saturated rings. The predicted molar refractivity (Wildman–Crippen MR) is 115 cm³/mol. The molecule has 1 aromatic carbocycles. The van der Waals surface area contributed by atoms with Crippen molar-refractivity contribution in [3.05, 3.63) is 66.1 Å². The van der Waals surface area contributed by atoms with Gasteiger partial charge in [-0.3, -0.25) is 9.78 Å². The molecule has 152 valence electrons. The highest BCUT2D eigenvalue weighted by atomic mass is 16.5. The van der Waals surface area contributed by atoms with Gasteiger partial charge >= 0.3 is 0 Å². The Bertz CT molecular complexity index is 951. The Labute approximate surface area is 172 Å². The van der Waals surface area contributed by atoms with E-state index in [9.17, 15) is 4.79 Å². The van der Waals surface area contributed by atoms with E-state index < -0.39 is 0 Å². The molecule has 3 aromatic rings. The van der Waals surface area contributed by atoms with E-state index in [0.29, 0.717) is 13.0 Å². The molecule has 0 N–H and O–H groups in total. The number of ether oxygens (including phenoxy) is 1. The number of fused-ring (bicyclic) bond motifs is 1. The average molecular weight is 392 g/mol. The Kier molecular flexibility index (Phi) is 6.25. The Balaban J connectivity index is 1.49. The summed E-state index contributed by atoms with van der Waals surface area (Å²) < 4.78 is 7.48. The number of para-hydroxylation sites is 1. The Morgan fingerprint density at radius 2 is 2.10 bits per heavy atom. The van der Waals surface area contributed by atoms with E-state index in [4.69, 9.17) is 4.74 Å². The van der Waals surface area contributed by atoms with Crippen LogP contribution in [0.1, 0.15) is 42.9 Å². The molecular weight excluding hydrogens is 362 g/mol. The van der Waals surface area contributed by atoms with E-state index >= 15 is 0 Å². The van der Waals surface area contributed by atoms with Gasteiger partial charge in [-0.05, 0) is 48.9 Å². The zero-order chi connectivity index (χ0) is 20.1. The van der Waals surface area contributed by atoms with Crippen molar-refractivity contribution in [1.29, 1.82) is 0 Å². The van der Waals surface area contributed by atoms with E-state index in [2.05, 4.69) is 51.0 Å². The fraction of sp³-hybridized carbons (Fsp3) is 0.417. The first-order valence-corrected chi connectivity index (χ1v) is 10.5. The van der Waals surface area contributed by atoms with Crippen molar-refractivity contribution in [2.75, 3.05) is 20.3 Å². The Morgan fingerprint density at radius 1 is 1.21 bits per heavy atom. The fourth-order valence-corrected chi connectivity index (χ4v) is 4.43. The van der Waals surface area contributed by atoms with Gasteiger partial charge in [0.1, 0.15) is 0 Å². The largest absolute Gasteiger partial charge is 0.383 e. The van der Waals surface area contributed by atoms with Gasteiger partial charge in [-0.1, -0.05) is 24.3 Å². The zero-order valence-electron chi connectivity index (χ0n) is 17.1. The number of benzene rings is 1. The first-order chi connectivity index (χ1) is 14.3. The van der Waals surface area contributed by atoms with Crippen LogP contribution in [0.15, 0.2) is 55.0 Å². The molecule has 0 saturated carbocycles. The van der Waals surface area contributed by atoms with E-state index in [1.54, 1.807) is 13.3 Å². The summed E-state index contributed by atoms with van der Waals surface area (Å²) in [5.74, 6) is 0.243. The van der Waals surface area contributed by atoms with E-state index in [0.717, 1.165) is 44.3 Å². The smallest absolute Gasteiger partial charge is 0.223 e. The third-order valence-corrected chi connectivity index (χ3v) is 5.91. The number of hydrogen-bond donors (Lipinski definition) is 0. The van der Waals surface area contributed by atoms with Crippen LogP contribution in [-0.4, -0.2) is 40.6 Å². The maximum absolute atomic E-state index is 13.1. The molecule has 0 bridgehead atoms. The van der Waals surface area contributed by atoms with Crippen LogP contribution in [0.5, 0.6) is 0 Å². The van der Waals surface area contributed by atoms with Crippen LogP contribution in [0.4, 0.5) is 0 Å². The van der Waals surface area contributed by atoms with Gasteiger partial charge < -0.3 is 14.2 Å². The lowest BCUT2D eigenvalue weighted by atomic mass is 9.95. The second-order valence-corrected chi connectivity index (χ2v) is 7.74. The molecule has 0 spiro atoms. The molecule has 2 aromatic heterocycles. The number of amides is 1. The highest BCUT2D eigenvalue weighted by Gasteiger charge is 2.27. The molecule has 29 heavy (non-hydrogen) atoms. The van der Waals surface area contributed by atoms with Crippen LogP contribution < -0.4 is 0 Å². The van der Waals surface area contributed by atoms with E-state index in [1.165, 1.54) is 16.5 Å². The summed E-state index contributed by atoms with van der Waals surface area (Å²) >= 11 is 0. The molecule has 5 heteroatoms. The maximum Gasteiger partial charge on any atom is 0.223 e. The van der Waals surface area contributed by atoms with Crippen LogP contribution in [0, 0.1) is 0 Å². The minimum Gasteiger partial charge on any atom is -0.383 e. The highest BCUT2D eigenvalue weighted by molar-refractivity contribution is 5.85. The molecule has 0 aliphatic carbocycles. The molecule has 1 amide bonds. The number of carbonyl (C=O) groups excluding carboxylic acids is 1. The second-order valence-electron chi connectivity index (χ2n) is 7.74. The van der Waals surface area contributed by atoms with Crippen molar-refractivity contribution in [3.63, 3.8) is 0 Å². The van der Waals surface area contributed by atoms with Gasteiger partial charge in [-0.2, -0.15) is 0 Å². The Morgan fingerprint density at radius 3 is 2.93 bits per heavy atom. The SMILES string of the molecule is COCCn1cc(CCC(=O)N2CCCC[C@H]2c2cccnc2)c2ccccc21. The van der Waals surface area contributed by atoms with Crippen LogP contribution in [-0.2, 0) is 22.5 Å². The summed E-state index contributed by atoms with van der Waals surface area (Å²) in [6.45, 7) is 2.34. The minimum absolute atomic E-state index is 0.160. The first-order valence-electron chi connectivity index (χ1n) is 10.5. The summed E-state index contributed by atoms with van der Waals surface area (Å²) in [7, 11) is 1.72. The van der Waals surface area contributed by atoms with Crippen molar-refractivity contribution >= 4 is 16.8 Å². The van der Waals surface area contributed by atoms with Crippen LogP contribution >= 0.6 is 0 Å². The molecule has 1 saturated heterocycles. The summed E-state index contributed by atoms with van der Waals surface area (Å²) in [6.07, 6.45) is 10.4. The number of aryl methyl sites for hydroxylation is 1. The van der Waals surface area contributed by atoms with Gasteiger partial charge in [0.05, 0.1) is 12.6 Å². The molecular formula is C24H29N3O2. The number of hydrogen-bond acceptors (Lipinski definition) is 3. The quantitative estimate of drug-likeness (QED) is 0.601. The number of pyridine rings is 1. The lowest BCUT2D eigenvalue weighted by molar-refractivity contribution is -0.135. The Hall–Kier alpha value is -2.66. The van der Waals surface area contributed by atoms with Crippen molar-refractivity contribution in [2.24, 2.45) is 0 Å². The third-order valence-electron chi connectivity index (χ3n) is 5.91. The van der Waals surface area contributed by atoms with Gasteiger partial charge in [-0.25, -0.2) is 0 Å². The van der Waals surface area contributed by atoms with Gasteiger partial charge in [-0.15, -0.1) is 0 Å². The molecule has 3 heterocycles. The van der Waals surface area contributed by atoms with Gasteiger partial charge in [0.25, 0.3) is 0 Å². The van der Waals surface area contributed by atoms with Gasteiger partial charge in [0.2, 0.25) is 5.91 Å². The third kappa shape index (κ3) is 4.35. The topological polar surface area (TPSA) is 47.4 Å². The van der Waals surface area contributed by atoms with Crippen molar-refractivity contribution in [1.82, 2.24) is 14.5 Å². The zero-order valence-corrected chi connectivity index (χ0v) is 17.1. The number of rotatable bonds is 7. The molecule has 0 unspecified atom stereocenters. The molecule has 1 aliphatic rings. The average Bonchev–Trinajstić information content (AvgIpc) is 3.14. The molecule has 1 atom stereocenters. The van der Waals surface area contributed by atoms with Crippen molar-refractivity contribution in [2.45, 2.75) is 44.7 Å². The van der Waals surface area contributed by atoms with Crippen LogP contribution in [0.25, 0.3) is 10.9 Å². The minimum atomic E-state index is 0.160. The summed E-state index contributed by atoms with van der Waals surface area (Å²) in [5, 5.41) is 1.24. The maximum atomic E-state index is 13.1. The monoisotopic (exact) mass is 391 g/mol. The van der Waals surface area contributed by atoms with Crippen molar-refractivity contribution in [3.8, 4) is 0 Å². The van der Waals surface area contributed by atoms with Gasteiger partial charge in [0, 0.05) is 56.1 Å². The normalized spacial score (nSPS) is 17.0. The molecule has 5 nitrogen and oxygen atoms in total. The summed E-state index contributed by atoms with van der Waals surface area (Å²) in [5.41, 5.74) is 3.59. The molecule has 1 aliphatic heterocycles. The van der Waals surface area contributed by atoms with E-state index in [1.807, 2.05) is 12.3 Å². The second kappa shape index (κ2) is 9.23. The lowest BCUT2D eigenvalue weighted by Gasteiger charge is -2.36. The van der Waals surface area contributed by atoms with Crippen molar-refractivity contribution < 1.29 is 9.53 Å².